The molecular formula is C26H36N3O3+. The second kappa shape index (κ2) is 10.1. The molecule has 1 saturated carbocycles. The van der Waals surface area contributed by atoms with Gasteiger partial charge in [-0.1, -0.05) is 49.6 Å². The van der Waals surface area contributed by atoms with Gasteiger partial charge < -0.3 is 14.3 Å². The summed E-state index contributed by atoms with van der Waals surface area (Å²) in [5, 5.41) is 11.7. The number of ether oxygens (including phenoxy) is 1. The predicted octanol–water partition coefficient (Wildman–Crippen LogP) is 3.64. The molecule has 1 saturated heterocycles. The highest BCUT2D eigenvalue weighted by atomic mass is 16.6. The number of likely N-dealkylation sites (tertiary alicyclic amines) is 1. The van der Waals surface area contributed by atoms with Crippen molar-refractivity contribution < 1.29 is 19.1 Å². The van der Waals surface area contributed by atoms with Gasteiger partial charge in [0.15, 0.2) is 5.60 Å². The Labute approximate surface area is 191 Å². The summed E-state index contributed by atoms with van der Waals surface area (Å²) >= 11 is 0. The lowest BCUT2D eigenvalue weighted by molar-refractivity contribution is -0.921. The van der Waals surface area contributed by atoms with Crippen LogP contribution in [0.4, 0.5) is 0 Å². The molecule has 0 radical (unpaired) electrons. The van der Waals surface area contributed by atoms with Crippen molar-refractivity contribution in [3.63, 3.8) is 0 Å². The number of benzene rings is 1. The molecule has 6 nitrogen and oxygen atoms in total. The first-order valence-electron chi connectivity index (χ1n) is 12.1. The minimum absolute atomic E-state index is 0.0905. The van der Waals surface area contributed by atoms with E-state index in [-0.39, 0.29) is 12.0 Å². The number of hydrogen-bond donors (Lipinski definition) is 1. The predicted molar refractivity (Wildman–Crippen MR) is 123 cm³/mol. The third-order valence-electron chi connectivity index (χ3n) is 7.71. The number of hydrogen-bond acceptors (Lipinski definition) is 5. The van der Waals surface area contributed by atoms with E-state index < -0.39 is 11.6 Å². The van der Waals surface area contributed by atoms with Crippen molar-refractivity contribution in [3.05, 3.63) is 60.2 Å². The average Bonchev–Trinajstić information content (AvgIpc) is 3.23. The molecule has 2 aromatic rings. The van der Waals surface area contributed by atoms with Gasteiger partial charge in [-0.15, -0.1) is 0 Å². The van der Waals surface area contributed by atoms with Gasteiger partial charge in [0.25, 0.3) is 0 Å². The van der Waals surface area contributed by atoms with E-state index in [0.717, 1.165) is 68.2 Å². The van der Waals surface area contributed by atoms with E-state index in [1.54, 1.807) is 12.4 Å². The molecule has 32 heavy (non-hydrogen) atoms. The summed E-state index contributed by atoms with van der Waals surface area (Å²) in [6, 6.07) is 9.62. The Balaban J connectivity index is 1.44. The highest BCUT2D eigenvalue weighted by Crippen LogP contribution is 2.40. The number of aliphatic hydroxyl groups is 1. The topological polar surface area (TPSA) is 72.3 Å². The summed E-state index contributed by atoms with van der Waals surface area (Å²) in [4.78, 5) is 22.0. The lowest BCUT2D eigenvalue weighted by Gasteiger charge is -2.39. The van der Waals surface area contributed by atoms with Crippen molar-refractivity contribution in [2.24, 2.45) is 5.92 Å². The number of esters is 1. The zero-order valence-electron chi connectivity index (χ0n) is 19.2. The summed E-state index contributed by atoms with van der Waals surface area (Å²) in [5.74, 6) is -0.574. The van der Waals surface area contributed by atoms with Crippen molar-refractivity contribution in [3.8, 4) is 0 Å². The van der Waals surface area contributed by atoms with Crippen molar-refractivity contribution in [1.82, 2.24) is 9.97 Å². The van der Waals surface area contributed by atoms with Gasteiger partial charge >= 0.3 is 5.97 Å². The van der Waals surface area contributed by atoms with Crippen LogP contribution in [0.2, 0.25) is 0 Å². The van der Waals surface area contributed by atoms with Crippen LogP contribution in [-0.4, -0.2) is 58.3 Å². The van der Waals surface area contributed by atoms with Gasteiger partial charge in [-0.25, -0.2) is 4.79 Å². The normalized spacial score (nSPS) is 25.9. The molecule has 1 aliphatic heterocycles. The molecule has 0 bridgehead atoms. The molecule has 1 N–H and O–H groups in total. The van der Waals surface area contributed by atoms with Gasteiger partial charge in [0, 0.05) is 43.8 Å². The molecule has 172 valence electrons. The Kier molecular flexibility index (Phi) is 7.21. The number of aromatic nitrogens is 2. The largest absolute Gasteiger partial charge is 0.457 e. The summed E-state index contributed by atoms with van der Waals surface area (Å²) in [5.41, 5.74) is 0.0806. The second-order valence-electron chi connectivity index (χ2n) is 9.74. The first-order valence-corrected chi connectivity index (χ1v) is 12.1. The van der Waals surface area contributed by atoms with E-state index in [2.05, 4.69) is 17.0 Å². The van der Waals surface area contributed by atoms with Crippen LogP contribution >= 0.6 is 0 Å². The number of quaternary nitrogens is 1. The van der Waals surface area contributed by atoms with E-state index in [4.69, 9.17) is 4.74 Å². The summed E-state index contributed by atoms with van der Waals surface area (Å²) < 4.78 is 6.77. The fourth-order valence-corrected chi connectivity index (χ4v) is 5.58. The van der Waals surface area contributed by atoms with E-state index in [1.165, 1.54) is 6.42 Å². The van der Waals surface area contributed by atoms with Crippen LogP contribution in [0.1, 0.15) is 56.2 Å². The minimum atomic E-state index is -1.57. The Bertz CT molecular complexity index is 872. The Morgan fingerprint density at radius 2 is 1.91 bits per heavy atom. The molecule has 3 atom stereocenters. The lowest BCUT2D eigenvalue weighted by atomic mass is 9.73. The monoisotopic (exact) mass is 438 g/mol. The SMILES string of the molecule is C[N+]1(CCc2cnccn2)CCCC1COC(=O)[C@](O)(c1ccccc1)C1CCCCC1. The van der Waals surface area contributed by atoms with Gasteiger partial charge in [-0.3, -0.25) is 9.97 Å². The second-order valence-corrected chi connectivity index (χ2v) is 9.74. The number of likely N-dealkylation sites (N-methyl/N-ethyl adjacent to an activating group) is 1. The maximum absolute atomic E-state index is 13.4. The van der Waals surface area contributed by atoms with Gasteiger partial charge in [-0.05, 0) is 18.4 Å². The fraction of sp³-hybridized carbons (Fsp3) is 0.577. The fourth-order valence-electron chi connectivity index (χ4n) is 5.58. The molecule has 6 heteroatoms. The quantitative estimate of drug-likeness (QED) is 0.503. The van der Waals surface area contributed by atoms with Crippen LogP contribution in [0.3, 0.4) is 0 Å². The molecule has 0 spiro atoms. The van der Waals surface area contributed by atoms with Crippen LogP contribution in [0.25, 0.3) is 0 Å². The van der Waals surface area contributed by atoms with Crippen molar-refractivity contribution in [2.45, 2.75) is 63.0 Å². The van der Waals surface area contributed by atoms with Gasteiger partial charge in [0.1, 0.15) is 12.6 Å². The first-order chi connectivity index (χ1) is 15.5. The molecule has 0 amide bonds. The van der Waals surface area contributed by atoms with E-state index in [0.29, 0.717) is 12.2 Å². The van der Waals surface area contributed by atoms with Crippen LogP contribution < -0.4 is 0 Å². The van der Waals surface area contributed by atoms with Gasteiger partial charge in [0.2, 0.25) is 0 Å². The third kappa shape index (κ3) is 4.86. The molecule has 2 heterocycles. The Hall–Kier alpha value is -2.31. The highest BCUT2D eigenvalue weighted by molar-refractivity contribution is 5.81. The van der Waals surface area contributed by atoms with Gasteiger partial charge in [0.05, 0.1) is 25.8 Å². The Morgan fingerprint density at radius 1 is 1.12 bits per heavy atom. The number of rotatable bonds is 8. The first kappa shape index (κ1) is 22.9. The Morgan fingerprint density at radius 3 is 2.62 bits per heavy atom. The number of carbonyl (C=O) groups excluding carboxylic acids is 1. The van der Waals surface area contributed by atoms with Crippen LogP contribution in [0.5, 0.6) is 0 Å². The highest BCUT2D eigenvalue weighted by Gasteiger charge is 2.48. The molecule has 1 aliphatic carbocycles. The molecule has 2 fully saturated rings. The van der Waals surface area contributed by atoms with E-state index in [9.17, 15) is 9.90 Å². The van der Waals surface area contributed by atoms with Crippen LogP contribution in [0.15, 0.2) is 48.9 Å². The third-order valence-corrected chi connectivity index (χ3v) is 7.71. The number of nitrogens with zero attached hydrogens (tertiary/aromatic N) is 3. The van der Waals surface area contributed by atoms with Crippen molar-refractivity contribution >= 4 is 5.97 Å². The summed E-state index contributed by atoms with van der Waals surface area (Å²) in [6.07, 6.45) is 13.2. The molecule has 2 unspecified atom stereocenters. The number of carbonyl (C=O) groups is 1. The van der Waals surface area contributed by atoms with Crippen molar-refractivity contribution in [2.75, 3.05) is 26.7 Å². The zero-order chi connectivity index (χ0) is 22.4. The lowest BCUT2D eigenvalue weighted by Crippen LogP contribution is -2.52. The van der Waals surface area contributed by atoms with Crippen LogP contribution in [0, 0.1) is 5.92 Å². The van der Waals surface area contributed by atoms with E-state index >= 15 is 0 Å². The summed E-state index contributed by atoms with van der Waals surface area (Å²) in [7, 11) is 2.24. The molecule has 4 rings (SSSR count). The average molecular weight is 439 g/mol. The van der Waals surface area contributed by atoms with Crippen molar-refractivity contribution in [1.29, 1.82) is 0 Å². The smallest absolute Gasteiger partial charge is 0.343 e. The minimum Gasteiger partial charge on any atom is -0.457 e. The zero-order valence-corrected chi connectivity index (χ0v) is 19.2. The van der Waals surface area contributed by atoms with Crippen LogP contribution in [-0.2, 0) is 21.6 Å². The maximum Gasteiger partial charge on any atom is 0.343 e. The standard InChI is InChI=1S/C26H36N3O3/c1-29(18-14-23-19-27-15-16-28-23)17-8-13-24(29)20-32-25(30)26(31,21-9-4-2-5-10-21)22-11-6-3-7-12-22/h2,4-5,9-10,15-16,19,22,24,31H,3,6-8,11-14,17-18,20H2,1H3/q+1/t24?,26-,29?/m0/s1. The molecular weight excluding hydrogens is 402 g/mol. The summed E-state index contributed by atoms with van der Waals surface area (Å²) in [6.45, 7) is 2.35. The molecule has 1 aromatic heterocycles. The van der Waals surface area contributed by atoms with E-state index in [1.807, 2.05) is 36.5 Å². The maximum atomic E-state index is 13.4. The molecule has 2 aliphatic rings. The van der Waals surface area contributed by atoms with Gasteiger partial charge in [-0.2, -0.15) is 0 Å². The molecule has 1 aromatic carbocycles.